The smallest absolute Gasteiger partial charge is 0.251 e. The van der Waals surface area contributed by atoms with E-state index in [0.29, 0.717) is 24.5 Å². The van der Waals surface area contributed by atoms with Crippen molar-refractivity contribution in [1.29, 1.82) is 0 Å². The van der Waals surface area contributed by atoms with Crippen LogP contribution < -0.4 is 20.4 Å². The van der Waals surface area contributed by atoms with Crippen molar-refractivity contribution in [3.05, 3.63) is 41.7 Å². The molecule has 0 spiro atoms. The van der Waals surface area contributed by atoms with E-state index in [1.165, 1.54) is 0 Å². The molecule has 2 aromatic rings. The van der Waals surface area contributed by atoms with Crippen LogP contribution in [0.5, 0.6) is 0 Å². The van der Waals surface area contributed by atoms with Gasteiger partial charge in [0.25, 0.3) is 5.91 Å². The zero-order valence-electron chi connectivity index (χ0n) is 15.5. The zero-order chi connectivity index (χ0) is 18.4. The maximum absolute atomic E-state index is 12.1. The van der Waals surface area contributed by atoms with Crippen LogP contribution in [0.1, 0.15) is 16.2 Å². The maximum Gasteiger partial charge on any atom is 0.251 e. The van der Waals surface area contributed by atoms with Crippen molar-refractivity contribution in [3.8, 4) is 0 Å². The second-order valence-corrected chi connectivity index (χ2v) is 6.18. The Kier molecular flexibility index (Phi) is 6.16. The number of aryl methyl sites for hydroxylation is 1. The minimum atomic E-state index is -0.0834. The summed E-state index contributed by atoms with van der Waals surface area (Å²) in [5.41, 5.74) is 1.72. The molecule has 0 atom stereocenters. The number of carbonyl (C=O) groups excluding carboxylic acids is 1. The molecule has 1 aromatic heterocycles. The van der Waals surface area contributed by atoms with E-state index in [2.05, 4.69) is 20.6 Å². The van der Waals surface area contributed by atoms with Gasteiger partial charge in [-0.25, -0.2) is 9.97 Å². The third-order valence-corrected chi connectivity index (χ3v) is 3.65. The number of nitrogens with one attached hydrogen (secondary N) is 2. The number of rotatable bonds is 7. The molecule has 7 nitrogen and oxygen atoms in total. The van der Waals surface area contributed by atoms with E-state index in [-0.39, 0.29) is 5.91 Å². The molecule has 134 valence electrons. The number of anilines is 3. The topological polar surface area (TPSA) is 73.4 Å². The monoisotopic (exact) mass is 342 g/mol. The van der Waals surface area contributed by atoms with Crippen molar-refractivity contribution in [1.82, 2.24) is 15.3 Å². The van der Waals surface area contributed by atoms with Crippen LogP contribution in [0.25, 0.3) is 0 Å². The summed E-state index contributed by atoms with van der Waals surface area (Å²) >= 11 is 0. The lowest BCUT2D eigenvalue weighted by molar-refractivity contribution is 0.0955. The van der Waals surface area contributed by atoms with Crippen molar-refractivity contribution in [2.45, 2.75) is 6.92 Å². The molecule has 0 aliphatic rings. The van der Waals surface area contributed by atoms with Gasteiger partial charge in [0.1, 0.15) is 17.5 Å². The van der Waals surface area contributed by atoms with Crippen molar-refractivity contribution < 1.29 is 4.79 Å². The summed E-state index contributed by atoms with van der Waals surface area (Å²) in [6.45, 7) is 2.96. The highest BCUT2D eigenvalue weighted by Gasteiger charge is 2.06. The first-order valence-corrected chi connectivity index (χ1v) is 8.19. The average Bonchev–Trinajstić information content (AvgIpc) is 2.58. The molecule has 0 aliphatic carbocycles. The van der Waals surface area contributed by atoms with Crippen molar-refractivity contribution in [2.75, 3.05) is 56.4 Å². The first-order chi connectivity index (χ1) is 11.9. The Morgan fingerprint density at radius 3 is 2.28 bits per heavy atom. The Balaban J connectivity index is 1.83. The van der Waals surface area contributed by atoms with E-state index < -0.39 is 0 Å². The Bertz CT molecular complexity index is 712. The molecular weight excluding hydrogens is 316 g/mol. The molecule has 0 radical (unpaired) electrons. The van der Waals surface area contributed by atoms with Crippen LogP contribution in [0.2, 0.25) is 0 Å². The largest absolute Gasteiger partial charge is 0.378 e. The summed E-state index contributed by atoms with van der Waals surface area (Å²) in [6, 6.07) is 9.40. The highest BCUT2D eigenvalue weighted by atomic mass is 16.1. The second-order valence-electron chi connectivity index (χ2n) is 6.18. The summed E-state index contributed by atoms with van der Waals surface area (Å²) in [7, 11) is 7.81. The Morgan fingerprint density at radius 2 is 1.68 bits per heavy atom. The third kappa shape index (κ3) is 5.34. The maximum atomic E-state index is 12.1. The summed E-state index contributed by atoms with van der Waals surface area (Å²) in [6.07, 6.45) is 0. The van der Waals surface area contributed by atoms with E-state index in [0.717, 1.165) is 17.3 Å². The number of aromatic nitrogens is 2. The van der Waals surface area contributed by atoms with E-state index >= 15 is 0 Å². The predicted octanol–water partition coefficient (Wildman–Crippen LogP) is 1.76. The van der Waals surface area contributed by atoms with Crippen molar-refractivity contribution >= 4 is 23.2 Å². The van der Waals surface area contributed by atoms with Gasteiger partial charge in [-0.05, 0) is 31.2 Å². The van der Waals surface area contributed by atoms with E-state index in [1.54, 1.807) is 0 Å². The molecule has 1 aromatic carbocycles. The minimum Gasteiger partial charge on any atom is -0.378 e. The number of hydrogen-bond donors (Lipinski definition) is 2. The van der Waals surface area contributed by atoms with Crippen LogP contribution in [0.3, 0.4) is 0 Å². The molecule has 2 rings (SSSR count). The third-order valence-electron chi connectivity index (χ3n) is 3.65. The molecule has 0 saturated heterocycles. The number of benzene rings is 1. The highest BCUT2D eigenvalue weighted by Crippen LogP contribution is 2.13. The highest BCUT2D eigenvalue weighted by molar-refractivity contribution is 5.94. The molecule has 1 amide bonds. The van der Waals surface area contributed by atoms with Gasteiger partial charge >= 0.3 is 0 Å². The van der Waals surface area contributed by atoms with Crippen molar-refractivity contribution in [2.24, 2.45) is 0 Å². The molecule has 0 fully saturated rings. The summed E-state index contributed by atoms with van der Waals surface area (Å²) in [5, 5.41) is 6.11. The minimum absolute atomic E-state index is 0.0834. The zero-order valence-corrected chi connectivity index (χ0v) is 15.5. The quantitative estimate of drug-likeness (QED) is 0.747. The first kappa shape index (κ1) is 18.5. The Hall–Kier alpha value is -2.83. The van der Waals surface area contributed by atoms with Gasteiger partial charge in [0.15, 0.2) is 0 Å². The summed E-state index contributed by atoms with van der Waals surface area (Å²) in [5.74, 6) is 2.22. The standard InChI is InChI=1S/C18H26N6O/c1-13-21-16(12-17(22-13)24(4)5)19-10-11-20-18(25)14-6-8-15(9-7-14)23(2)3/h6-9,12H,10-11H2,1-5H3,(H,20,25)(H,19,21,22). The average molecular weight is 342 g/mol. The molecule has 25 heavy (non-hydrogen) atoms. The van der Waals surface area contributed by atoms with E-state index in [4.69, 9.17) is 0 Å². The van der Waals surface area contributed by atoms with Crippen LogP contribution >= 0.6 is 0 Å². The molecule has 7 heteroatoms. The van der Waals surface area contributed by atoms with Gasteiger partial charge in [-0.2, -0.15) is 0 Å². The van der Waals surface area contributed by atoms with Gasteiger partial charge in [-0.15, -0.1) is 0 Å². The van der Waals surface area contributed by atoms with E-state index in [1.807, 2.05) is 75.2 Å². The van der Waals surface area contributed by atoms with Crippen LogP contribution in [-0.4, -0.2) is 57.2 Å². The lowest BCUT2D eigenvalue weighted by Crippen LogP contribution is -2.29. The number of hydrogen-bond acceptors (Lipinski definition) is 6. The number of nitrogens with zero attached hydrogens (tertiary/aromatic N) is 4. The van der Waals surface area contributed by atoms with Gasteiger partial charge in [0, 0.05) is 58.6 Å². The molecular formula is C18H26N6O. The molecule has 0 saturated carbocycles. The number of carbonyl (C=O) groups is 1. The second kappa shape index (κ2) is 8.32. The van der Waals surface area contributed by atoms with E-state index in [9.17, 15) is 4.79 Å². The molecule has 2 N–H and O–H groups in total. The van der Waals surface area contributed by atoms with Crippen LogP contribution in [0.15, 0.2) is 30.3 Å². The van der Waals surface area contributed by atoms with Gasteiger partial charge < -0.3 is 20.4 Å². The van der Waals surface area contributed by atoms with Gasteiger partial charge in [0.05, 0.1) is 0 Å². The normalized spacial score (nSPS) is 10.3. The van der Waals surface area contributed by atoms with Gasteiger partial charge in [-0.1, -0.05) is 0 Å². The lowest BCUT2D eigenvalue weighted by atomic mass is 10.2. The fraction of sp³-hybridized carbons (Fsp3) is 0.389. The molecule has 0 aliphatic heterocycles. The Labute approximate surface area is 149 Å². The molecule has 1 heterocycles. The van der Waals surface area contributed by atoms with Gasteiger partial charge in [-0.3, -0.25) is 4.79 Å². The van der Waals surface area contributed by atoms with Gasteiger partial charge in [0.2, 0.25) is 0 Å². The fourth-order valence-corrected chi connectivity index (χ4v) is 2.25. The summed E-state index contributed by atoms with van der Waals surface area (Å²) < 4.78 is 0. The molecule has 0 bridgehead atoms. The molecule has 0 unspecified atom stereocenters. The Morgan fingerprint density at radius 1 is 1.00 bits per heavy atom. The van der Waals surface area contributed by atoms with Crippen LogP contribution in [0, 0.1) is 6.92 Å². The summed E-state index contributed by atoms with van der Waals surface area (Å²) in [4.78, 5) is 24.8. The lowest BCUT2D eigenvalue weighted by Gasteiger charge is -2.14. The van der Waals surface area contributed by atoms with Crippen LogP contribution in [0.4, 0.5) is 17.3 Å². The first-order valence-electron chi connectivity index (χ1n) is 8.19. The van der Waals surface area contributed by atoms with Crippen molar-refractivity contribution in [3.63, 3.8) is 0 Å². The number of amides is 1. The fourth-order valence-electron chi connectivity index (χ4n) is 2.25. The predicted molar refractivity (Wildman–Crippen MR) is 103 cm³/mol. The van der Waals surface area contributed by atoms with Crippen LogP contribution in [-0.2, 0) is 0 Å². The SMILES string of the molecule is Cc1nc(NCCNC(=O)c2ccc(N(C)C)cc2)cc(N(C)C)n1.